The number of carbonyl (C=O) groups excluding carboxylic acids is 1. The molecular weight excluding hydrogens is 495 g/mol. The lowest BCUT2D eigenvalue weighted by molar-refractivity contribution is -0.136. The molecule has 9 heteroatoms. The summed E-state index contributed by atoms with van der Waals surface area (Å²) in [7, 11) is 2.84. The predicted molar refractivity (Wildman–Crippen MR) is 140 cm³/mol. The molecular formula is C28H29FN2O5S. The fraction of sp³-hybridized carbons (Fsp3) is 0.321. The lowest BCUT2D eigenvalue weighted by Crippen LogP contribution is -2.39. The van der Waals surface area contributed by atoms with Gasteiger partial charge >= 0.3 is 5.97 Å². The fourth-order valence-electron chi connectivity index (χ4n) is 4.10. The predicted octanol–water partition coefficient (Wildman–Crippen LogP) is 3.98. The van der Waals surface area contributed by atoms with E-state index in [0.29, 0.717) is 50.2 Å². The van der Waals surface area contributed by atoms with Gasteiger partial charge in [0.05, 0.1) is 42.7 Å². The molecule has 0 saturated heterocycles. The van der Waals surface area contributed by atoms with Crippen molar-refractivity contribution in [1.29, 1.82) is 0 Å². The van der Waals surface area contributed by atoms with Gasteiger partial charge in [0.2, 0.25) is 0 Å². The fourth-order valence-corrected chi connectivity index (χ4v) is 5.14. The number of carbonyl (C=O) groups is 1. The van der Waals surface area contributed by atoms with Gasteiger partial charge in [-0.2, -0.15) is 0 Å². The smallest absolute Gasteiger partial charge is 0.338 e. The van der Waals surface area contributed by atoms with Gasteiger partial charge in [-0.15, -0.1) is 0 Å². The molecule has 1 aliphatic rings. The normalized spacial score (nSPS) is 15.4. The Kier molecular flexibility index (Phi) is 7.92. The molecule has 194 valence electrons. The van der Waals surface area contributed by atoms with Gasteiger partial charge in [-0.3, -0.25) is 9.36 Å². The van der Waals surface area contributed by atoms with Crippen LogP contribution in [0.5, 0.6) is 11.5 Å². The van der Waals surface area contributed by atoms with E-state index in [1.165, 1.54) is 35.1 Å². The molecule has 0 radical (unpaired) electrons. The number of methoxy groups -OCH3 is 2. The zero-order valence-corrected chi connectivity index (χ0v) is 22.2. The van der Waals surface area contributed by atoms with Crippen molar-refractivity contribution in [2.45, 2.75) is 33.2 Å². The molecule has 1 unspecified atom stereocenters. The SMILES string of the molecule is COC(=O)C1=C(C)N=c2sc(=Cc3ccc(F)cc3)c(=O)n2C1c1ccc(OCCC(C)C)c(OC)c1. The molecule has 0 aliphatic carbocycles. The number of esters is 1. The summed E-state index contributed by atoms with van der Waals surface area (Å²) in [6.07, 6.45) is 2.58. The Hall–Kier alpha value is -3.72. The van der Waals surface area contributed by atoms with Crippen LogP contribution < -0.4 is 24.4 Å². The lowest BCUT2D eigenvalue weighted by atomic mass is 9.95. The van der Waals surface area contributed by atoms with Crippen LogP contribution in [-0.2, 0) is 9.53 Å². The van der Waals surface area contributed by atoms with Crippen LogP contribution in [-0.4, -0.2) is 31.4 Å². The largest absolute Gasteiger partial charge is 0.493 e. The Labute approximate surface area is 218 Å². The van der Waals surface area contributed by atoms with Crippen molar-refractivity contribution in [2.75, 3.05) is 20.8 Å². The summed E-state index contributed by atoms with van der Waals surface area (Å²) < 4.78 is 31.8. The highest BCUT2D eigenvalue weighted by Crippen LogP contribution is 2.36. The Morgan fingerprint density at radius 2 is 1.89 bits per heavy atom. The first-order valence-corrected chi connectivity index (χ1v) is 12.7. The van der Waals surface area contributed by atoms with E-state index < -0.39 is 12.0 Å². The van der Waals surface area contributed by atoms with Gasteiger partial charge in [-0.1, -0.05) is 43.4 Å². The van der Waals surface area contributed by atoms with E-state index in [1.807, 2.05) is 6.07 Å². The first-order valence-electron chi connectivity index (χ1n) is 11.9. The molecule has 2 heterocycles. The molecule has 3 aromatic rings. The third kappa shape index (κ3) is 5.51. The average Bonchev–Trinajstić information content (AvgIpc) is 3.18. The standard InChI is InChI=1S/C28H29FN2O5S/c1-16(2)12-13-36-21-11-8-19(15-22(21)34-4)25-24(27(33)35-5)17(3)30-28-31(25)26(32)23(37-28)14-18-6-9-20(29)10-7-18/h6-11,14-16,25H,12-13H2,1-5H3. The van der Waals surface area contributed by atoms with Crippen LogP contribution in [0.25, 0.3) is 6.08 Å². The number of benzene rings is 2. The van der Waals surface area contributed by atoms with E-state index in [2.05, 4.69) is 18.8 Å². The monoisotopic (exact) mass is 524 g/mol. The van der Waals surface area contributed by atoms with Gasteiger partial charge in [-0.25, -0.2) is 14.2 Å². The van der Waals surface area contributed by atoms with Gasteiger partial charge in [0.15, 0.2) is 16.3 Å². The van der Waals surface area contributed by atoms with Crippen molar-refractivity contribution in [1.82, 2.24) is 4.57 Å². The zero-order chi connectivity index (χ0) is 26.7. The van der Waals surface area contributed by atoms with E-state index in [9.17, 15) is 14.0 Å². The summed E-state index contributed by atoms with van der Waals surface area (Å²) >= 11 is 1.20. The summed E-state index contributed by atoms with van der Waals surface area (Å²) in [4.78, 5) is 31.5. The van der Waals surface area contributed by atoms with Gasteiger partial charge in [0.25, 0.3) is 5.56 Å². The van der Waals surface area contributed by atoms with E-state index in [0.717, 1.165) is 6.42 Å². The van der Waals surface area contributed by atoms with Gasteiger partial charge in [0, 0.05) is 0 Å². The Balaban J connectivity index is 1.86. The number of halogens is 1. The van der Waals surface area contributed by atoms with Crippen LogP contribution in [0.2, 0.25) is 0 Å². The van der Waals surface area contributed by atoms with Gasteiger partial charge in [-0.05, 0) is 60.7 Å². The topological polar surface area (TPSA) is 79.1 Å². The van der Waals surface area contributed by atoms with E-state index in [-0.39, 0.29) is 16.9 Å². The number of hydrogen-bond donors (Lipinski definition) is 0. The first-order chi connectivity index (χ1) is 17.7. The second kappa shape index (κ2) is 11.1. The zero-order valence-electron chi connectivity index (χ0n) is 21.4. The number of allylic oxidation sites excluding steroid dienone is 1. The molecule has 0 spiro atoms. The summed E-state index contributed by atoms with van der Waals surface area (Å²) in [6.45, 7) is 6.51. The summed E-state index contributed by atoms with van der Waals surface area (Å²) in [5, 5.41) is 0. The van der Waals surface area contributed by atoms with Crippen LogP contribution in [0.15, 0.2) is 63.5 Å². The maximum Gasteiger partial charge on any atom is 0.338 e. The molecule has 7 nitrogen and oxygen atoms in total. The third-order valence-electron chi connectivity index (χ3n) is 6.05. The number of hydrogen-bond acceptors (Lipinski definition) is 7. The number of fused-ring (bicyclic) bond motifs is 1. The summed E-state index contributed by atoms with van der Waals surface area (Å²) in [5.74, 6) is 0.638. The number of rotatable bonds is 8. The van der Waals surface area contributed by atoms with Crippen LogP contribution in [0.3, 0.4) is 0 Å². The third-order valence-corrected chi connectivity index (χ3v) is 7.03. The lowest BCUT2D eigenvalue weighted by Gasteiger charge is -2.25. The van der Waals surface area contributed by atoms with Crippen LogP contribution in [0.4, 0.5) is 4.39 Å². The van der Waals surface area contributed by atoms with Crippen molar-refractivity contribution in [3.05, 3.63) is 90.4 Å². The van der Waals surface area contributed by atoms with Gasteiger partial charge in [0.1, 0.15) is 5.82 Å². The van der Waals surface area contributed by atoms with Crippen molar-refractivity contribution in [3.63, 3.8) is 0 Å². The number of aromatic nitrogens is 1. The van der Waals surface area contributed by atoms with Crippen molar-refractivity contribution < 1.29 is 23.4 Å². The maximum absolute atomic E-state index is 13.6. The highest BCUT2D eigenvalue weighted by atomic mass is 32.1. The molecule has 37 heavy (non-hydrogen) atoms. The first kappa shape index (κ1) is 26.3. The van der Waals surface area contributed by atoms with E-state index in [4.69, 9.17) is 14.2 Å². The Morgan fingerprint density at radius 1 is 1.16 bits per heavy atom. The molecule has 1 atom stereocenters. The number of thiazole rings is 1. The average molecular weight is 525 g/mol. The Bertz CT molecular complexity index is 1520. The molecule has 0 bridgehead atoms. The molecule has 0 amide bonds. The molecule has 0 N–H and O–H groups in total. The van der Waals surface area contributed by atoms with Crippen molar-refractivity contribution in [3.8, 4) is 11.5 Å². The van der Waals surface area contributed by atoms with Crippen molar-refractivity contribution >= 4 is 23.4 Å². The molecule has 1 aliphatic heterocycles. The minimum absolute atomic E-state index is 0.263. The maximum atomic E-state index is 13.6. The minimum atomic E-state index is -0.780. The second-order valence-electron chi connectivity index (χ2n) is 9.07. The van der Waals surface area contributed by atoms with Crippen LogP contribution >= 0.6 is 11.3 Å². The van der Waals surface area contributed by atoms with Crippen molar-refractivity contribution in [2.24, 2.45) is 10.9 Å². The summed E-state index contributed by atoms with van der Waals surface area (Å²) in [5.41, 5.74) is 1.73. The molecule has 0 saturated carbocycles. The quantitative estimate of drug-likeness (QED) is 0.417. The van der Waals surface area contributed by atoms with Crippen LogP contribution in [0, 0.1) is 11.7 Å². The molecule has 4 rings (SSSR count). The highest BCUT2D eigenvalue weighted by Gasteiger charge is 2.33. The highest BCUT2D eigenvalue weighted by molar-refractivity contribution is 7.07. The van der Waals surface area contributed by atoms with Crippen LogP contribution in [0.1, 0.15) is 44.4 Å². The van der Waals surface area contributed by atoms with Gasteiger partial charge < -0.3 is 14.2 Å². The second-order valence-corrected chi connectivity index (χ2v) is 10.1. The minimum Gasteiger partial charge on any atom is -0.493 e. The molecule has 0 fully saturated rings. The van der Waals surface area contributed by atoms with E-state index in [1.54, 1.807) is 44.4 Å². The number of nitrogens with zero attached hydrogens (tertiary/aromatic N) is 2. The Morgan fingerprint density at radius 3 is 2.54 bits per heavy atom. The van der Waals surface area contributed by atoms with E-state index >= 15 is 0 Å². The summed E-state index contributed by atoms with van der Waals surface area (Å²) in [6, 6.07) is 10.5. The molecule has 2 aromatic carbocycles. The number of ether oxygens (including phenoxy) is 3. The molecule has 1 aromatic heterocycles.